The van der Waals surface area contributed by atoms with Crippen LogP contribution in [0, 0.1) is 20.8 Å². The Labute approximate surface area is 188 Å². The summed E-state index contributed by atoms with van der Waals surface area (Å²) in [6.45, 7) is 5.38. The van der Waals surface area contributed by atoms with Crippen molar-refractivity contribution in [3.63, 3.8) is 0 Å². The first kappa shape index (κ1) is 23.1. The van der Waals surface area contributed by atoms with Gasteiger partial charge < -0.3 is 14.8 Å². The summed E-state index contributed by atoms with van der Waals surface area (Å²) in [7, 11) is -2.24. The maximum Gasteiger partial charge on any atom is 0.262 e. The smallest absolute Gasteiger partial charge is 0.262 e. The number of para-hydroxylation sites is 1. The minimum Gasteiger partial charge on any atom is -0.497 e. The largest absolute Gasteiger partial charge is 0.497 e. The van der Waals surface area contributed by atoms with Gasteiger partial charge in [-0.1, -0.05) is 18.2 Å². The van der Waals surface area contributed by atoms with Crippen molar-refractivity contribution >= 4 is 27.3 Å². The number of rotatable bonds is 8. The number of carbonyl (C=O) groups excluding carboxylic acids is 1. The van der Waals surface area contributed by atoms with E-state index < -0.39 is 10.0 Å². The Balaban J connectivity index is 1.65. The van der Waals surface area contributed by atoms with Crippen molar-refractivity contribution in [1.29, 1.82) is 0 Å². The van der Waals surface area contributed by atoms with E-state index in [0.29, 0.717) is 22.7 Å². The number of carbonyl (C=O) groups is 1. The lowest BCUT2D eigenvalue weighted by Gasteiger charge is -2.14. The second kappa shape index (κ2) is 9.74. The summed E-state index contributed by atoms with van der Waals surface area (Å²) in [5.74, 6) is 0.775. The molecule has 7 nitrogen and oxygen atoms in total. The Bertz CT molecular complexity index is 1200. The van der Waals surface area contributed by atoms with Gasteiger partial charge in [0.2, 0.25) is 0 Å². The van der Waals surface area contributed by atoms with Crippen LogP contribution >= 0.6 is 0 Å². The highest BCUT2D eigenvalue weighted by atomic mass is 32.2. The van der Waals surface area contributed by atoms with Crippen molar-refractivity contribution in [2.75, 3.05) is 23.8 Å². The van der Waals surface area contributed by atoms with Crippen LogP contribution in [0.3, 0.4) is 0 Å². The van der Waals surface area contributed by atoms with Crippen LogP contribution in [0.25, 0.3) is 0 Å². The first-order valence-electron chi connectivity index (χ1n) is 9.96. The number of sulfonamides is 1. The maximum atomic E-state index is 12.7. The van der Waals surface area contributed by atoms with E-state index in [0.717, 1.165) is 16.8 Å². The van der Waals surface area contributed by atoms with Gasteiger partial charge in [0.25, 0.3) is 15.9 Å². The highest BCUT2D eigenvalue weighted by molar-refractivity contribution is 7.92. The lowest BCUT2D eigenvalue weighted by atomic mass is 10.1. The van der Waals surface area contributed by atoms with E-state index in [4.69, 9.17) is 9.47 Å². The molecule has 32 heavy (non-hydrogen) atoms. The van der Waals surface area contributed by atoms with Gasteiger partial charge in [0.05, 0.1) is 12.0 Å². The predicted molar refractivity (Wildman–Crippen MR) is 125 cm³/mol. The van der Waals surface area contributed by atoms with E-state index in [-0.39, 0.29) is 17.4 Å². The quantitative estimate of drug-likeness (QED) is 0.525. The molecule has 0 fully saturated rings. The second-order valence-electron chi connectivity index (χ2n) is 7.36. The van der Waals surface area contributed by atoms with Crippen LogP contribution in [0.4, 0.5) is 11.4 Å². The summed E-state index contributed by atoms with van der Waals surface area (Å²) in [4.78, 5) is 12.4. The van der Waals surface area contributed by atoms with Crippen molar-refractivity contribution in [1.82, 2.24) is 0 Å². The molecule has 1 amide bonds. The van der Waals surface area contributed by atoms with E-state index in [2.05, 4.69) is 10.0 Å². The Hall–Kier alpha value is -3.52. The van der Waals surface area contributed by atoms with Gasteiger partial charge in [-0.2, -0.15) is 0 Å². The third kappa shape index (κ3) is 5.59. The molecule has 0 saturated carbocycles. The second-order valence-corrected chi connectivity index (χ2v) is 9.05. The Morgan fingerprint density at radius 3 is 2.16 bits per heavy atom. The summed E-state index contributed by atoms with van der Waals surface area (Å²) >= 11 is 0. The molecule has 8 heteroatoms. The summed E-state index contributed by atoms with van der Waals surface area (Å²) in [5, 5.41) is 2.86. The molecule has 0 atom stereocenters. The maximum absolute atomic E-state index is 12.7. The summed E-state index contributed by atoms with van der Waals surface area (Å²) in [5.41, 5.74) is 3.72. The first-order valence-corrected chi connectivity index (χ1v) is 11.4. The molecule has 0 aliphatic carbocycles. The molecule has 168 valence electrons. The van der Waals surface area contributed by atoms with Crippen LogP contribution in [0.5, 0.6) is 11.5 Å². The molecule has 3 aromatic carbocycles. The molecule has 0 radical (unpaired) electrons. The normalized spacial score (nSPS) is 11.0. The fourth-order valence-corrected chi connectivity index (χ4v) is 4.30. The van der Waals surface area contributed by atoms with E-state index >= 15 is 0 Å². The molecule has 0 bridgehead atoms. The summed E-state index contributed by atoms with van der Waals surface area (Å²) in [6.07, 6.45) is 0. The number of amides is 1. The molecule has 0 heterocycles. The monoisotopic (exact) mass is 454 g/mol. The Morgan fingerprint density at radius 2 is 1.56 bits per heavy atom. The van der Waals surface area contributed by atoms with Crippen molar-refractivity contribution in [2.24, 2.45) is 0 Å². The zero-order valence-electron chi connectivity index (χ0n) is 18.4. The van der Waals surface area contributed by atoms with E-state index in [1.807, 2.05) is 32.0 Å². The van der Waals surface area contributed by atoms with Crippen LogP contribution in [0.2, 0.25) is 0 Å². The lowest BCUT2D eigenvalue weighted by Crippen LogP contribution is -2.21. The lowest BCUT2D eigenvalue weighted by molar-refractivity contribution is -0.118. The third-order valence-corrected chi connectivity index (χ3v) is 6.28. The molecule has 3 rings (SSSR count). The van der Waals surface area contributed by atoms with Crippen LogP contribution in [-0.2, 0) is 14.8 Å². The van der Waals surface area contributed by atoms with Crippen LogP contribution in [0.1, 0.15) is 16.7 Å². The van der Waals surface area contributed by atoms with Crippen molar-refractivity contribution in [3.05, 3.63) is 77.4 Å². The van der Waals surface area contributed by atoms with Crippen molar-refractivity contribution < 1.29 is 22.7 Å². The van der Waals surface area contributed by atoms with Gasteiger partial charge in [0.15, 0.2) is 6.61 Å². The number of hydrogen-bond acceptors (Lipinski definition) is 5. The zero-order chi connectivity index (χ0) is 23.3. The fraction of sp³-hybridized carbons (Fsp3) is 0.208. The van der Waals surface area contributed by atoms with Gasteiger partial charge in [-0.3, -0.25) is 9.52 Å². The molecular weight excluding hydrogens is 428 g/mol. The van der Waals surface area contributed by atoms with Gasteiger partial charge >= 0.3 is 0 Å². The van der Waals surface area contributed by atoms with E-state index in [1.54, 1.807) is 44.4 Å². The molecule has 0 aromatic heterocycles. The molecule has 0 unspecified atom stereocenters. The van der Waals surface area contributed by atoms with Crippen molar-refractivity contribution in [2.45, 2.75) is 25.7 Å². The average molecular weight is 455 g/mol. The van der Waals surface area contributed by atoms with Crippen LogP contribution < -0.4 is 19.5 Å². The molecule has 0 spiro atoms. The highest BCUT2D eigenvalue weighted by Gasteiger charge is 2.16. The van der Waals surface area contributed by atoms with E-state index in [1.165, 1.54) is 12.1 Å². The third-order valence-electron chi connectivity index (χ3n) is 4.90. The van der Waals surface area contributed by atoms with E-state index in [9.17, 15) is 13.2 Å². The predicted octanol–water partition coefficient (Wildman–Crippen LogP) is 4.44. The van der Waals surface area contributed by atoms with Gasteiger partial charge in [-0.15, -0.1) is 0 Å². The van der Waals surface area contributed by atoms with Crippen LogP contribution in [-0.4, -0.2) is 28.0 Å². The average Bonchev–Trinajstić information content (AvgIpc) is 2.76. The molecule has 2 N–H and O–H groups in total. The zero-order valence-corrected chi connectivity index (χ0v) is 19.2. The minimum atomic E-state index is -3.78. The fourth-order valence-electron chi connectivity index (χ4n) is 3.15. The number of benzene rings is 3. The molecule has 0 saturated heterocycles. The number of methoxy groups -OCH3 is 1. The minimum absolute atomic E-state index is 0.0955. The Morgan fingerprint density at radius 1 is 0.906 bits per heavy atom. The van der Waals surface area contributed by atoms with Crippen molar-refractivity contribution in [3.8, 4) is 11.5 Å². The van der Waals surface area contributed by atoms with Crippen LogP contribution in [0.15, 0.2) is 65.6 Å². The Kier molecular flexibility index (Phi) is 7.05. The molecular formula is C24H26N2O5S. The number of hydrogen-bond donors (Lipinski definition) is 2. The number of nitrogens with one attached hydrogen (secondary N) is 2. The summed E-state index contributed by atoms with van der Waals surface area (Å²) in [6, 6.07) is 16.9. The number of aryl methyl sites for hydroxylation is 3. The molecule has 0 aliphatic heterocycles. The number of anilines is 2. The molecule has 3 aromatic rings. The SMILES string of the molecule is COc1ccc(NS(=O)(=O)c2ccc(OCC(=O)Nc3c(C)cccc3C)c(C)c2)cc1. The first-order chi connectivity index (χ1) is 15.2. The van der Waals surface area contributed by atoms with Gasteiger partial charge in [0.1, 0.15) is 11.5 Å². The highest BCUT2D eigenvalue weighted by Crippen LogP contribution is 2.25. The number of ether oxygens (including phenoxy) is 2. The topological polar surface area (TPSA) is 93.7 Å². The summed E-state index contributed by atoms with van der Waals surface area (Å²) < 4.78 is 38.6. The van der Waals surface area contributed by atoms with Gasteiger partial charge in [-0.05, 0) is 79.9 Å². The van der Waals surface area contributed by atoms with Gasteiger partial charge in [-0.25, -0.2) is 8.42 Å². The molecule has 0 aliphatic rings. The standard InChI is InChI=1S/C24H26N2O5S/c1-16-6-5-7-17(2)24(16)25-23(27)15-31-22-13-12-21(14-18(22)3)32(28,29)26-19-8-10-20(30-4)11-9-19/h5-14,26H,15H2,1-4H3,(H,25,27). The van der Waals surface area contributed by atoms with Gasteiger partial charge in [0, 0.05) is 11.4 Å².